The normalized spacial score (nSPS) is 16.1. The lowest BCUT2D eigenvalue weighted by Crippen LogP contribution is -2.40. The summed E-state index contributed by atoms with van der Waals surface area (Å²) < 4.78 is 27.9. The lowest BCUT2D eigenvalue weighted by molar-refractivity contribution is 0.176. The number of aliphatic hydroxyl groups excluding tert-OH is 1. The molecule has 2 aromatic carbocycles. The van der Waals surface area contributed by atoms with Crippen molar-refractivity contribution < 1.29 is 13.9 Å². The summed E-state index contributed by atoms with van der Waals surface area (Å²) in [5.74, 6) is -0.112. The molecule has 0 radical (unpaired) electrons. The van der Waals surface area contributed by atoms with Crippen LogP contribution in [0.3, 0.4) is 0 Å². The lowest BCUT2D eigenvalue weighted by atomic mass is 9.95. The van der Waals surface area contributed by atoms with Gasteiger partial charge < -0.3 is 15.7 Å². The predicted octanol–water partition coefficient (Wildman–Crippen LogP) is 3.90. The summed E-state index contributed by atoms with van der Waals surface area (Å²) in [7, 11) is 0. The fourth-order valence-corrected chi connectivity index (χ4v) is 3.18. The molecule has 1 atom stereocenters. The van der Waals surface area contributed by atoms with Crippen molar-refractivity contribution in [2.45, 2.75) is 31.3 Å². The first-order chi connectivity index (χ1) is 13.1. The molecule has 4 nitrogen and oxygen atoms in total. The molecule has 0 spiro atoms. The summed E-state index contributed by atoms with van der Waals surface area (Å²) in [4.78, 5) is 4.58. The topological polar surface area (TPSA) is 56.7 Å². The van der Waals surface area contributed by atoms with E-state index in [1.807, 2.05) is 19.1 Å². The molecule has 1 unspecified atom stereocenters. The third-order valence-electron chi connectivity index (χ3n) is 4.91. The minimum Gasteiger partial charge on any atom is -0.386 e. The van der Waals surface area contributed by atoms with Crippen molar-refractivity contribution in [3.63, 3.8) is 0 Å². The van der Waals surface area contributed by atoms with Gasteiger partial charge in [0.05, 0.1) is 12.6 Å². The zero-order valence-electron chi connectivity index (χ0n) is 15.8. The van der Waals surface area contributed by atoms with Gasteiger partial charge in [0, 0.05) is 24.1 Å². The van der Waals surface area contributed by atoms with Crippen LogP contribution >= 0.6 is 24.0 Å². The van der Waals surface area contributed by atoms with E-state index in [9.17, 15) is 13.9 Å². The van der Waals surface area contributed by atoms with Crippen molar-refractivity contribution in [3.05, 3.63) is 71.3 Å². The first kappa shape index (κ1) is 22.5. The molecule has 3 N–H and O–H groups in total. The summed E-state index contributed by atoms with van der Waals surface area (Å²) in [6.45, 7) is 3.17. The number of nitrogens with one attached hydrogen (secondary N) is 2. The highest BCUT2D eigenvalue weighted by atomic mass is 127. The smallest absolute Gasteiger partial charge is 0.191 e. The highest BCUT2D eigenvalue weighted by Crippen LogP contribution is 2.49. The number of nitrogens with zero attached hydrogens (tertiary/aromatic N) is 1. The highest BCUT2D eigenvalue weighted by Gasteiger charge is 2.45. The fourth-order valence-electron chi connectivity index (χ4n) is 3.18. The molecule has 0 saturated heterocycles. The third-order valence-corrected chi connectivity index (χ3v) is 4.91. The van der Waals surface area contributed by atoms with Crippen molar-refractivity contribution in [2.24, 2.45) is 4.99 Å². The molecule has 1 aliphatic rings. The molecule has 1 saturated carbocycles. The molecule has 2 aromatic rings. The number of aliphatic hydroxyl groups is 1. The summed E-state index contributed by atoms with van der Waals surface area (Å²) >= 11 is 0. The second-order valence-corrected chi connectivity index (χ2v) is 6.87. The molecule has 0 amide bonds. The first-order valence-electron chi connectivity index (χ1n) is 9.25. The van der Waals surface area contributed by atoms with Crippen LogP contribution in [0.25, 0.3) is 0 Å². The highest BCUT2D eigenvalue weighted by molar-refractivity contribution is 14.0. The molecule has 1 aliphatic carbocycles. The maximum Gasteiger partial charge on any atom is 0.191 e. The van der Waals surface area contributed by atoms with E-state index in [4.69, 9.17) is 0 Å². The molecular formula is C21H26F2IN3O. The number of hydrogen-bond donors (Lipinski definition) is 3. The number of guanidine groups is 1. The summed E-state index contributed by atoms with van der Waals surface area (Å²) in [6.07, 6.45) is 0.806. The summed E-state index contributed by atoms with van der Waals surface area (Å²) in [6, 6.07) is 13.0. The van der Waals surface area contributed by atoms with Gasteiger partial charge in [-0.1, -0.05) is 36.4 Å². The minimum atomic E-state index is -0.989. The Kier molecular flexibility index (Phi) is 8.18. The Morgan fingerprint density at radius 2 is 1.71 bits per heavy atom. The van der Waals surface area contributed by atoms with E-state index in [1.165, 1.54) is 12.1 Å². The van der Waals surface area contributed by atoms with Crippen LogP contribution in [0.2, 0.25) is 0 Å². The van der Waals surface area contributed by atoms with Crippen LogP contribution in [0.4, 0.5) is 8.78 Å². The lowest BCUT2D eigenvalue weighted by Gasteiger charge is -2.18. The van der Waals surface area contributed by atoms with Crippen LogP contribution in [0, 0.1) is 11.6 Å². The van der Waals surface area contributed by atoms with Crippen molar-refractivity contribution in [1.29, 1.82) is 0 Å². The van der Waals surface area contributed by atoms with E-state index in [2.05, 4.69) is 15.6 Å². The van der Waals surface area contributed by atoms with Crippen molar-refractivity contribution >= 4 is 29.9 Å². The van der Waals surface area contributed by atoms with Crippen molar-refractivity contribution in [3.8, 4) is 0 Å². The molecule has 0 bridgehead atoms. The van der Waals surface area contributed by atoms with Crippen LogP contribution in [-0.4, -0.2) is 30.7 Å². The second kappa shape index (κ2) is 10.2. The van der Waals surface area contributed by atoms with Gasteiger partial charge in [-0.3, -0.25) is 4.99 Å². The van der Waals surface area contributed by atoms with Gasteiger partial charge in [0.1, 0.15) is 11.6 Å². The van der Waals surface area contributed by atoms with Gasteiger partial charge in [0.25, 0.3) is 0 Å². The van der Waals surface area contributed by atoms with Gasteiger partial charge in [-0.2, -0.15) is 0 Å². The Morgan fingerprint density at radius 3 is 2.32 bits per heavy atom. The molecule has 0 aromatic heterocycles. The molecule has 0 heterocycles. The standard InChI is InChI=1S/C21H25F2N3O.HI/c1-2-24-20(25-13-19(27)15-7-3-5-9-17(15)22)26-14-21(11-12-21)16-8-4-6-10-18(16)23;/h3-10,19,27H,2,11-14H2,1H3,(H2,24,25,26);1H. The van der Waals surface area contributed by atoms with E-state index in [-0.39, 0.29) is 47.3 Å². The van der Waals surface area contributed by atoms with Gasteiger partial charge in [0.2, 0.25) is 0 Å². The molecule has 28 heavy (non-hydrogen) atoms. The van der Waals surface area contributed by atoms with Crippen LogP contribution in [0.1, 0.15) is 37.0 Å². The van der Waals surface area contributed by atoms with E-state index < -0.39 is 11.9 Å². The second-order valence-electron chi connectivity index (χ2n) is 6.87. The van der Waals surface area contributed by atoms with Crippen LogP contribution in [0.15, 0.2) is 53.5 Å². The molecule has 1 fully saturated rings. The Labute approximate surface area is 181 Å². The zero-order valence-corrected chi connectivity index (χ0v) is 18.1. The molecule has 152 valence electrons. The maximum atomic E-state index is 14.1. The van der Waals surface area contributed by atoms with Crippen LogP contribution < -0.4 is 10.6 Å². The zero-order chi connectivity index (χ0) is 19.3. The molecule has 0 aliphatic heterocycles. The van der Waals surface area contributed by atoms with Gasteiger partial charge in [-0.25, -0.2) is 8.78 Å². The van der Waals surface area contributed by atoms with E-state index >= 15 is 0 Å². The summed E-state index contributed by atoms with van der Waals surface area (Å²) in [5, 5.41) is 16.4. The summed E-state index contributed by atoms with van der Waals surface area (Å²) in [5.41, 5.74) is 0.694. The van der Waals surface area contributed by atoms with Crippen molar-refractivity contribution in [1.82, 2.24) is 10.6 Å². The van der Waals surface area contributed by atoms with Crippen LogP contribution in [-0.2, 0) is 5.41 Å². The molecular weight excluding hydrogens is 475 g/mol. The van der Waals surface area contributed by atoms with E-state index in [0.717, 1.165) is 12.8 Å². The monoisotopic (exact) mass is 501 g/mol. The molecule has 7 heteroatoms. The van der Waals surface area contributed by atoms with Gasteiger partial charge in [0.15, 0.2) is 5.96 Å². The van der Waals surface area contributed by atoms with Crippen LogP contribution in [0.5, 0.6) is 0 Å². The number of hydrogen-bond acceptors (Lipinski definition) is 2. The SMILES string of the molecule is CCNC(=NCC1(c2ccccc2F)CC1)NCC(O)c1ccccc1F.I. The van der Waals surface area contributed by atoms with E-state index in [0.29, 0.717) is 24.6 Å². The Bertz CT molecular complexity index is 812. The van der Waals surface area contributed by atoms with Gasteiger partial charge in [-0.05, 0) is 37.5 Å². The average molecular weight is 501 g/mol. The van der Waals surface area contributed by atoms with Gasteiger partial charge >= 0.3 is 0 Å². The number of halogens is 3. The Hall–Kier alpha value is -1.74. The number of benzene rings is 2. The number of rotatable bonds is 7. The third kappa shape index (κ3) is 5.41. The Balaban J connectivity index is 0.00000280. The number of aliphatic imine (C=N–C) groups is 1. The van der Waals surface area contributed by atoms with Gasteiger partial charge in [-0.15, -0.1) is 24.0 Å². The first-order valence-corrected chi connectivity index (χ1v) is 9.25. The quantitative estimate of drug-likeness (QED) is 0.307. The predicted molar refractivity (Wildman–Crippen MR) is 118 cm³/mol. The Morgan fingerprint density at radius 1 is 1.07 bits per heavy atom. The fraction of sp³-hybridized carbons (Fsp3) is 0.381. The van der Waals surface area contributed by atoms with E-state index in [1.54, 1.807) is 24.3 Å². The minimum absolute atomic E-state index is 0. The average Bonchev–Trinajstić information content (AvgIpc) is 3.45. The maximum absolute atomic E-state index is 14.1. The molecule has 3 rings (SSSR count). The van der Waals surface area contributed by atoms with Crippen molar-refractivity contribution in [2.75, 3.05) is 19.6 Å². The largest absolute Gasteiger partial charge is 0.386 e.